The average molecular weight is 1050 g/mol. The van der Waals surface area contributed by atoms with Crippen LogP contribution in [-0.2, 0) is 14.3 Å². The van der Waals surface area contributed by atoms with Crippen LogP contribution in [0.4, 0.5) is 0 Å². The van der Waals surface area contributed by atoms with Gasteiger partial charge in [0.2, 0.25) is 5.91 Å². The molecule has 0 aromatic carbocycles. The van der Waals surface area contributed by atoms with Crippen molar-refractivity contribution in [1.29, 1.82) is 0 Å². The lowest BCUT2D eigenvalue weighted by Gasteiger charge is -2.40. The van der Waals surface area contributed by atoms with Gasteiger partial charge in [0.15, 0.2) is 6.29 Å². The Balaban J connectivity index is 2.18. The molecule has 1 saturated heterocycles. The lowest BCUT2D eigenvalue weighted by molar-refractivity contribution is -0.303. The highest BCUT2D eigenvalue weighted by atomic mass is 16.7. The zero-order chi connectivity index (χ0) is 54.0. The number of rotatable bonds is 56. The molecule has 11 heteroatoms. The van der Waals surface area contributed by atoms with Crippen LogP contribution in [0.3, 0.4) is 0 Å². The third-order valence-corrected chi connectivity index (χ3v) is 15.8. The van der Waals surface area contributed by atoms with Crippen LogP contribution in [0.2, 0.25) is 0 Å². The Labute approximate surface area is 455 Å². The minimum atomic E-state index is -1.66. The topological polar surface area (TPSA) is 189 Å². The number of hydrogen-bond donors (Lipinski definition) is 8. The first-order valence-corrected chi connectivity index (χ1v) is 32.1. The number of carbonyl (C=O) groups excluding carboxylic acids is 1. The van der Waals surface area contributed by atoms with Crippen molar-refractivity contribution < 1.29 is 50.0 Å². The van der Waals surface area contributed by atoms with Crippen LogP contribution in [-0.4, -0.2) is 110 Å². The molecule has 8 N–H and O–H groups in total. The molecule has 1 fully saturated rings. The Morgan fingerprint density at radius 3 is 1.14 bits per heavy atom. The number of nitrogens with one attached hydrogen (secondary N) is 1. The molecule has 1 heterocycles. The average Bonchev–Trinajstić information content (AvgIpc) is 3.40. The summed E-state index contributed by atoms with van der Waals surface area (Å²) in [5.41, 5.74) is 0. The fourth-order valence-electron chi connectivity index (χ4n) is 10.6. The number of carbonyl (C=O) groups is 1. The van der Waals surface area contributed by atoms with Gasteiger partial charge in [-0.25, -0.2) is 0 Å². The van der Waals surface area contributed by atoms with Crippen LogP contribution in [0.15, 0.2) is 12.2 Å². The maximum atomic E-state index is 13.2. The Hall–Kier alpha value is -1.15. The highest BCUT2D eigenvalue weighted by Gasteiger charge is 2.44. The van der Waals surface area contributed by atoms with Crippen molar-refractivity contribution in [1.82, 2.24) is 5.32 Å². The number of allylic oxidation sites excluding steroid dienone is 2. The van der Waals surface area contributed by atoms with Crippen molar-refractivity contribution in [3.05, 3.63) is 12.2 Å². The van der Waals surface area contributed by atoms with Crippen molar-refractivity contribution in [2.75, 3.05) is 13.2 Å². The van der Waals surface area contributed by atoms with Crippen LogP contribution in [0.1, 0.15) is 316 Å². The van der Waals surface area contributed by atoms with Crippen LogP contribution in [0, 0.1) is 0 Å². The first-order valence-electron chi connectivity index (χ1n) is 32.1. The summed E-state index contributed by atoms with van der Waals surface area (Å²) in [7, 11) is 0. The van der Waals surface area contributed by atoms with Crippen molar-refractivity contribution >= 4 is 5.91 Å². The maximum absolute atomic E-state index is 13.2. The van der Waals surface area contributed by atoms with Gasteiger partial charge in [0.05, 0.1) is 25.4 Å². The quantitative estimate of drug-likeness (QED) is 0.0215. The smallest absolute Gasteiger partial charge is 0.249 e. The Kier molecular flexibility index (Phi) is 50.3. The van der Waals surface area contributed by atoms with E-state index in [1.54, 1.807) is 0 Å². The second-order valence-electron chi connectivity index (χ2n) is 22.8. The molecule has 0 radical (unpaired) electrons. The Bertz CT molecular complexity index is 1210. The second-order valence-corrected chi connectivity index (χ2v) is 22.8. The van der Waals surface area contributed by atoms with E-state index in [1.165, 1.54) is 238 Å². The van der Waals surface area contributed by atoms with Gasteiger partial charge in [0, 0.05) is 0 Å². The summed E-state index contributed by atoms with van der Waals surface area (Å²) in [5.74, 6) is -0.691. The summed E-state index contributed by atoms with van der Waals surface area (Å²) in [6, 6.07) is -1.16. The fraction of sp³-hybridized carbons (Fsp3) is 0.952. The molecule has 0 bridgehead atoms. The van der Waals surface area contributed by atoms with Gasteiger partial charge < -0.3 is 50.5 Å². The standard InChI is InChI=1S/C63H123NO10/c1-3-5-7-9-11-13-15-17-19-20-21-22-23-24-25-26-27-28-29-30-31-32-33-34-35-37-39-41-43-45-47-49-51-56(67)62(72)64-54(53-73-63-61(71)60(70)59(69)57(52-65)74-63)58(68)55(66)50-48-46-44-42-40-38-36-18-16-14-12-10-8-6-4-2/h24-25,54-61,63,65-71H,3-23,26-53H2,1-2H3,(H,64,72)/b25-24-. The number of amides is 1. The molecule has 0 spiro atoms. The number of aliphatic hydroxyl groups excluding tert-OH is 7. The highest BCUT2D eigenvalue weighted by Crippen LogP contribution is 2.24. The first kappa shape index (κ1) is 70.9. The molecule has 74 heavy (non-hydrogen) atoms. The molecule has 11 nitrogen and oxygen atoms in total. The Morgan fingerprint density at radius 1 is 0.459 bits per heavy atom. The van der Waals surface area contributed by atoms with Gasteiger partial charge in [-0.2, -0.15) is 0 Å². The lowest BCUT2D eigenvalue weighted by Crippen LogP contribution is -2.60. The van der Waals surface area contributed by atoms with Crippen LogP contribution in [0.25, 0.3) is 0 Å². The number of ether oxygens (including phenoxy) is 2. The van der Waals surface area contributed by atoms with Crippen molar-refractivity contribution in [3.8, 4) is 0 Å². The third kappa shape index (κ3) is 40.1. The van der Waals surface area contributed by atoms with Crippen LogP contribution < -0.4 is 5.32 Å². The normalized spacial score (nSPS) is 19.8. The lowest BCUT2D eigenvalue weighted by atomic mass is 9.98. The SMILES string of the molecule is CCCCCCCCCCCCCC/C=C\CCCCCCCCCCCCCCCCCCC(O)C(=O)NC(COC1OC(CO)C(O)C(O)C1O)C(O)C(O)CCCCCCCCCCCCCCCCC. The predicted octanol–water partition coefficient (Wildman–Crippen LogP) is 14.3. The zero-order valence-electron chi connectivity index (χ0n) is 48.4. The first-order chi connectivity index (χ1) is 36.2. The van der Waals surface area contributed by atoms with E-state index in [0.717, 1.165) is 38.5 Å². The molecule has 1 amide bonds. The number of aliphatic hydroxyl groups is 7. The van der Waals surface area contributed by atoms with E-state index in [-0.39, 0.29) is 6.42 Å². The summed E-state index contributed by atoms with van der Waals surface area (Å²) in [6.07, 6.45) is 51.4. The molecule has 0 saturated carbocycles. The van der Waals surface area contributed by atoms with Gasteiger partial charge in [-0.15, -0.1) is 0 Å². The van der Waals surface area contributed by atoms with E-state index in [0.29, 0.717) is 19.3 Å². The van der Waals surface area contributed by atoms with Gasteiger partial charge in [-0.1, -0.05) is 289 Å². The van der Waals surface area contributed by atoms with Gasteiger partial charge >= 0.3 is 0 Å². The molecule has 0 aliphatic carbocycles. The van der Waals surface area contributed by atoms with E-state index in [2.05, 4.69) is 31.3 Å². The van der Waals surface area contributed by atoms with E-state index >= 15 is 0 Å². The van der Waals surface area contributed by atoms with E-state index < -0.39 is 74.2 Å². The summed E-state index contributed by atoms with van der Waals surface area (Å²) >= 11 is 0. The van der Waals surface area contributed by atoms with Gasteiger partial charge in [0.25, 0.3) is 0 Å². The molecule has 1 aliphatic rings. The van der Waals surface area contributed by atoms with Gasteiger partial charge in [0.1, 0.15) is 36.6 Å². The van der Waals surface area contributed by atoms with Crippen LogP contribution >= 0.6 is 0 Å². The molecule has 0 aromatic rings. The van der Waals surface area contributed by atoms with Crippen molar-refractivity contribution in [3.63, 3.8) is 0 Å². The number of unbranched alkanes of at least 4 members (excludes halogenated alkanes) is 42. The highest BCUT2D eigenvalue weighted by molar-refractivity contribution is 5.80. The molecule has 1 aliphatic heterocycles. The summed E-state index contributed by atoms with van der Waals surface area (Å²) in [6.45, 7) is 3.49. The maximum Gasteiger partial charge on any atom is 0.249 e. The minimum absolute atomic E-state index is 0.265. The minimum Gasteiger partial charge on any atom is -0.394 e. The van der Waals surface area contributed by atoms with E-state index in [4.69, 9.17) is 9.47 Å². The van der Waals surface area contributed by atoms with Crippen molar-refractivity contribution in [2.45, 2.75) is 371 Å². The molecule has 440 valence electrons. The largest absolute Gasteiger partial charge is 0.394 e. The Morgan fingerprint density at radius 2 is 0.784 bits per heavy atom. The fourth-order valence-corrected chi connectivity index (χ4v) is 10.6. The third-order valence-electron chi connectivity index (χ3n) is 15.8. The van der Waals surface area contributed by atoms with Gasteiger partial charge in [-0.05, 0) is 38.5 Å². The number of hydrogen-bond acceptors (Lipinski definition) is 10. The van der Waals surface area contributed by atoms with Crippen LogP contribution in [0.5, 0.6) is 0 Å². The summed E-state index contributed by atoms with van der Waals surface area (Å²) < 4.78 is 11.2. The molecule has 9 unspecified atom stereocenters. The molecule has 0 aromatic heterocycles. The zero-order valence-corrected chi connectivity index (χ0v) is 48.4. The second kappa shape index (κ2) is 52.5. The molecular formula is C63H123NO10. The van der Waals surface area contributed by atoms with E-state index in [1.807, 2.05) is 0 Å². The molecule has 9 atom stereocenters. The summed E-state index contributed by atoms with van der Waals surface area (Å²) in [5, 5.41) is 76.2. The van der Waals surface area contributed by atoms with Crippen molar-refractivity contribution in [2.24, 2.45) is 0 Å². The molecule has 1 rings (SSSR count). The monoisotopic (exact) mass is 1050 g/mol. The molecular weight excluding hydrogens is 931 g/mol. The van der Waals surface area contributed by atoms with Gasteiger partial charge in [-0.3, -0.25) is 4.79 Å². The predicted molar refractivity (Wildman–Crippen MR) is 307 cm³/mol. The summed E-state index contributed by atoms with van der Waals surface area (Å²) in [4.78, 5) is 13.2. The van der Waals surface area contributed by atoms with E-state index in [9.17, 15) is 40.5 Å².